The molecule has 17 heavy (non-hydrogen) atoms. The molecule has 0 atom stereocenters. The lowest BCUT2D eigenvalue weighted by Gasteiger charge is -2.09. The van der Waals surface area contributed by atoms with Crippen LogP contribution in [0.3, 0.4) is 0 Å². The Balaban J connectivity index is 0.000000686. The Morgan fingerprint density at radius 2 is 1.47 bits per heavy atom. The molecule has 90 valence electrons. The molecule has 0 aliphatic rings. The fraction of sp³-hybridized carbons (Fsp3) is 0.250. The molecular formula is C16H20O. The third-order valence-electron chi connectivity index (χ3n) is 2.31. The Bertz CT molecular complexity index is 446. The van der Waals surface area contributed by atoms with Crippen molar-refractivity contribution in [1.29, 1.82) is 0 Å². The van der Waals surface area contributed by atoms with Crippen molar-refractivity contribution in [2.45, 2.75) is 27.7 Å². The highest BCUT2D eigenvalue weighted by atomic mass is 16.5. The van der Waals surface area contributed by atoms with E-state index in [0.717, 1.165) is 17.1 Å². The highest BCUT2D eigenvalue weighted by Crippen LogP contribution is 2.25. The van der Waals surface area contributed by atoms with E-state index in [2.05, 4.69) is 32.0 Å². The minimum atomic E-state index is 0.881. The average Bonchev–Trinajstić information content (AvgIpc) is 2.38. The first-order valence-corrected chi connectivity index (χ1v) is 6.06. The summed E-state index contributed by atoms with van der Waals surface area (Å²) in [5.41, 5.74) is 2.37. The van der Waals surface area contributed by atoms with Crippen molar-refractivity contribution in [2.24, 2.45) is 0 Å². The Kier molecular flexibility index (Phi) is 5.28. The number of hydrogen-bond acceptors (Lipinski definition) is 1. The first-order valence-electron chi connectivity index (χ1n) is 6.06. The molecule has 0 unspecified atom stereocenters. The largest absolute Gasteiger partial charge is 0.457 e. The molecule has 2 aromatic rings. The molecule has 1 heteroatoms. The molecule has 0 heterocycles. The SMILES string of the molecule is CC.Cc1ccc(C)c(Oc2ccccc2)c1. The molecule has 0 fully saturated rings. The topological polar surface area (TPSA) is 9.23 Å². The van der Waals surface area contributed by atoms with E-state index in [-0.39, 0.29) is 0 Å². The van der Waals surface area contributed by atoms with Gasteiger partial charge in [-0.05, 0) is 43.2 Å². The summed E-state index contributed by atoms with van der Waals surface area (Å²) in [5.74, 6) is 1.81. The standard InChI is InChI=1S/C14H14O.C2H6/c1-11-8-9-12(2)14(10-11)15-13-6-4-3-5-7-13;1-2/h3-10H,1-2H3;1-2H3. The van der Waals surface area contributed by atoms with Crippen molar-refractivity contribution in [1.82, 2.24) is 0 Å². The predicted octanol–water partition coefficient (Wildman–Crippen LogP) is 5.12. The van der Waals surface area contributed by atoms with Crippen molar-refractivity contribution in [3.8, 4) is 11.5 Å². The van der Waals surface area contributed by atoms with Crippen LogP contribution in [-0.2, 0) is 0 Å². The van der Waals surface area contributed by atoms with E-state index >= 15 is 0 Å². The average molecular weight is 228 g/mol. The smallest absolute Gasteiger partial charge is 0.130 e. The fourth-order valence-corrected chi connectivity index (χ4v) is 1.43. The lowest BCUT2D eigenvalue weighted by Crippen LogP contribution is -1.87. The normalized spacial score (nSPS) is 9.18. The molecule has 0 radical (unpaired) electrons. The van der Waals surface area contributed by atoms with E-state index in [4.69, 9.17) is 4.74 Å². The number of aryl methyl sites for hydroxylation is 2. The summed E-state index contributed by atoms with van der Waals surface area (Å²) in [6.45, 7) is 8.12. The number of para-hydroxylation sites is 1. The van der Waals surface area contributed by atoms with Crippen LogP contribution in [0.25, 0.3) is 0 Å². The molecule has 2 rings (SSSR count). The molecule has 0 aliphatic carbocycles. The highest BCUT2D eigenvalue weighted by molar-refractivity contribution is 5.39. The zero-order valence-corrected chi connectivity index (χ0v) is 11.0. The maximum absolute atomic E-state index is 5.79. The monoisotopic (exact) mass is 228 g/mol. The van der Waals surface area contributed by atoms with Gasteiger partial charge in [0.1, 0.15) is 11.5 Å². The van der Waals surface area contributed by atoms with E-state index < -0.39 is 0 Å². The molecule has 0 spiro atoms. The van der Waals surface area contributed by atoms with Crippen LogP contribution >= 0.6 is 0 Å². The van der Waals surface area contributed by atoms with E-state index in [1.807, 2.05) is 44.2 Å². The summed E-state index contributed by atoms with van der Waals surface area (Å²) in [4.78, 5) is 0. The van der Waals surface area contributed by atoms with Crippen molar-refractivity contribution in [3.63, 3.8) is 0 Å². The first-order chi connectivity index (χ1) is 8.25. The Morgan fingerprint density at radius 1 is 0.824 bits per heavy atom. The van der Waals surface area contributed by atoms with Gasteiger partial charge in [-0.1, -0.05) is 44.2 Å². The van der Waals surface area contributed by atoms with Gasteiger partial charge in [0.05, 0.1) is 0 Å². The van der Waals surface area contributed by atoms with Gasteiger partial charge in [-0.3, -0.25) is 0 Å². The molecule has 1 nitrogen and oxygen atoms in total. The van der Waals surface area contributed by atoms with E-state index in [1.54, 1.807) is 0 Å². The predicted molar refractivity (Wildman–Crippen MR) is 73.8 cm³/mol. The van der Waals surface area contributed by atoms with Crippen LogP contribution in [0.4, 0.5) is 0 Å². The Labute approximate surface area is 104 Å². The van der Waals surface area contributed by atoms with Crippen LogP contribution in [0.15, 0.2) is 48.5 Å². The lowest BCUT2D eigenvalue weighted by molar-refractivity contribution is 0.478. The van der Waals surface area contributed by atoms with Crippen molar-refractivity contribution >= 4 is 0 Å². The van der Waals surface area contributed by atoms with E-state index in [9.17, 15) is 0 Å². The third-order valence-corrected chi connectivity index (χ3v) is 2.31. The molecule has 0 N–H and O–H groups in total. The summed E-state index contributed by atoms with van der Waals surface area (Å²) >= 11 is 0. The number of rotatable bonds is 2. The van der Waals surface area contributed by atoms with E-state index in [0.29, 0.717) is 0 Å². The summed E-state index contributed by atoms with van der Waals surface area (Å²) < 4.78 is 5.79. The lowest BCUT2D eigenvalue weighted by atomic mass is 10.1. The molecule has 0 saturated carbocycles. The molecule has 2 aromatic carbocycles. The van der Waals surface area contributed by atoms with Crippen molar-refractivity contribution < 1.29 is 4.74 Å². The van der Waals surface area contributed by atoms with Crippen LogP contribution < -0.4 is 4.74 Å². The van der Waals surface area contributed by atoms with Gasteiger partial charge in [-0.15, -0.1) is 0 Å². The van der Waals surface area contributed by atoms with Crippen molar-refractivity contribution in [3.05, 3.63) is 59.7 Å². The van der Waals surface area contributed by atoms with Gasteiger partial charge in [0.25, 0.3) is 0 Å². The molecule has 0 bridgehead atoms. The highest BCUT2D eigenvalue weighted by Gasteiger charge is 2.00. The van der Waals surface area contributed by atoms with Gasteiger partial charge >= 0.3 is 0 Å². The minimum absolute atomic E-state index is 0.881. The number of ether oxygens (including phenoxy) is 1. The van der Waals surface area contributed by atoms with Gasteiger partial charge in [0, 0.05) is 0 Å². The zero-order chi connectivity index (χ0) is 12.7. The second-order valence-electron chi connectivity index (χ2n) is 3.68. The molecular weight excluding hydrogens is 208 g/mol. The second-order valence-corrected chi connectivity index (χ2v) is 3.68. The molecule has 0 saturated heterocycles. The van der Waals surface area contributed by atoms with Gasteiger partial charge in [0.2, 0.25) is 0 Å². The number of benzene rings is 2. The summed E-state index contributed by atoms with van der Waals surface area (Å²) in [6, 6.07) is 16.1. The first kappa shape index (κ1) is 13.3. The summed E-state index contributed by atoms with van der Waals surface area (Å²) in [5, 5.41) is 0. The van der Waals surface area contributed by atoms with Gasteiger partial charge in [-0.2, -0.15) is 0 Å². The van der Waals surface area contributed by atoms with Crippen LogP contribution in [-0.4, -0.2) is 0 Å². The fourth-order valence-electron chi connectivity index (χ4n) is 1.43. The summed E-state index contributed by atoms with van der Waals surface area (Å²) in [7, 11) is 0. The van der Waals surface area contributed by atoms with Gasteiger partial charge in [0.15, 0.2) is 0 Å². The van der Waals surface area contributed by atoms with Crippen LogP contribution in [0.2, 0.25) is 0 Å². The van der Waals surface area contributed by atoms with Crippen molar-refractivity contribution in [2.75, 3.05) is 0 Å². The second kappa shape index (κ2) is 6.74. The zero-order valence-electron chi connectivity index (χ0n) is 11.0. The minimum Gasteiger partial charge on any atom is -0.457 e. The maximum Gasteiger partial charge on any atom is 0.130 e. The summed E-state index contributed by atoms with van der Waals surface area (Å²) in [6.07, 6.45) is 0. The van der Waals surface area contributed by atoms with E-state index in [1.165, 1.54) is 5.56 Å². The van der Waals surface area contributed by atoms with Gasteiger partial charge in [-0.25, -0.2) is 0 Å². The molecule has 0 aliphatic heterocycles. The Hall–Kier alpha value is -1.76. The molecule has 0 amide bonds. The number of hydrogen-bond donors (Lipinski definition) is 0. The van der Waals surface area contributed by atoms with Crippen LogP contribution in [0.1, 0.15) is 25.0 Å². The van der Waals surface area contributed by atoms with Crippen LogP contribution in [0, 0.1) is 13.8 Å². The van der Waals surface area contributed by atoms with Crippen LogP contribution in [0.5, 0.6) is 11.5 Å². The van der Waals surface area contributed by atoms with Gasteiger partial charge < -0.3 is 4.74 Å². The quantitative estimate of drug-likeness (QED) is 0.693. The third kappa shape index (κ3) is 3.95. The molecule has 0 aromatic heterocycles. The maximum atomic E-state index is 5.79. The Morgan fingerprint density at radius 3 is 2.12 bits per heavy atom.